The van der Waals surface area contributed by atoms with Crippen LogP contribution in [0, 0.1) is 0 Å². The summed E-state index contributed by atoms with van der Waals surface area (Å²) in [7, 11) is 0. The summed E-state index contributed by atoms with van der Waals surface area (Å²) in [5.74, 6) is -1.27. The highest BCUT2D eigenvalue weighted by Crippen LogP contribution is 2.09. The number of rotatable bonds is 2. The zero-order chi connectivity index (χ0) is 7.56. The molecule has 2 N–H and O–H groups in total. The van der Waals surface area contributed by atoms with E-state index in [1.807, 2.05) is 0 Å². The van der Waals surface area contributed by atoms with Gasteiger partial charge in [0.25, 0.3) is 0 Å². The van der Waals surface area contributed by atoms with Gasteiger partial charge in [0.05, 0.1) is 6.42 Å². The average molecular weight is 143 g/mol. The number of hydrogen-bond acceptors (Lipinski definition) is 4. The minimum absolute atomic E-state index is 0.0441. The van der Waals surface area contributed by atoms with Gasteiger partial charge in [-0.05, 0) is 0 Å². The molecule has 1 rings (SSSR count). The second-order valence-electron chi connectivity index (χ2n) is 1.67. The van der Waals surface area contributed by atoms with Gasteiger partial charge in [0.15, 0.2) is 0 Å². The molecule has 0 aliphatic heterocycles. The topological polar surface area (TPSA) is 83.3 Å². The van der Waals surface area contributed by atoms with E-state index in [0.29, 0.717) is 6.29 Å². The Kier molecular flexibility index (Phi) is 1.57. The zero-order valence-corrected chi connectivity index (χ0v) is 4.96. The second kappa shape index (κ2) is 2.38. The van der Waals surface area contributed by atoms with Crippen LogP contribution in [0.3, 0.4) is 0 Å². The Morgan fingerprint density at radius 3 is 2.80 bits per heavy atom. The molecule has 0 radical (unpaired) electrons. The predicted molar refractivity (Wildman–Crippen MR) is 30.8 cm³/mol. The van der Waals surface area contributed by atoms with Gasteiger partial charge in [-0.15, -0.1) is 0 Å². The van der Waals surface area contributed by atoms with Crippen molar-refractivity contribution in [2.75, 3.05) is 0 Å². The van der Waals surface area contributed by atoms with Crippen LogP contribution in [0.2, 0.25) is 0 Å². The van der Waals surface area contributed by atoms with Crippen LogP contribution in [0.1, 0.15) is 5.69 Å². The van der Waals surface area contributed by atoms with Crippen LogP contribution in [0.4, 0.5) is 0 Å². The van der Waals surface area contributed by atoms with Gasteiger partial charge >= 0.3 is 11.7 Å². The molecule has 0 fully saturated rings. The number of oxazole rings is 1. The van der Waals surface area contributed by atoms with Crippen LogP contribution < -0.4 is 5.76 Å². The Bertz CT molecular complexity index is 284. The quantitative estimate of drug-likeness (QED) is 0.542. The van der Waals surface area contributed by atoms with Gasteiger partial charge in [-0.3, -0.25) is 4.98 Å². The van der Waals surface area contributed by atoms with E-state index in [-0.39, 0.29) is 12.1 Å². The third-order valence-corrected chi connectivity index (χ3v) is 0.988. The normalized spacial score (nSPS) is 9.60. The Hall–Kier alpha value is -1.52. The molecule has 0 unspecified atom stereocenters. The van der Waals surface area contributed by atoms with Crippen molar-refractivity contribution in [2.24, 2.45) is 0 Å². The molecule has 1 aromatic heterocycles. The lowest BCUT2D eigenvalue weighted by Crippen LogP contribution is -1.97. The van der Waals surface area contributed by atoms with Crippen molar-refractivity contribution in [3.05, 3.63) is 16.2 Å². The summed E-state index contributed by atoms with van der Waals surface area (Å²) < 4.78 is 4.15. The molecule has 1 aromatic rings. The van der Waals surface area contributed by atoms with E-state index in [1.54, 1.807) is 0 Å². The van der Waals surface area contributed by atoms with Gasteiger partial charge in [0.1, 0.15) is 12.0 Å². The Morgan fingerprint density at radius 1 is 1.70 bits per heavy atom. The number of aromatic hydroxyl groups is 1. The van der Waals surface area contributed by atoms with Gasteiger partial charge in [0, 0.05) is 0 Å². The number of carbonyl (C=O) groups excluding carboxylic acids is 1. The molecule has 1 heterocycles. The van der Waals surface area contributed by atoms with Crippen molar-refractivity contribution in [1.29, 1.82) is 0 Å². The van der Waals surface area contributed by atoms with E-state index in [0.717, 1.165) is 0 Å². The smallest absolute Gasteiger partial charge is 0.419 e. The fourth-order valence-electron chi connectivity index (χ4n) is 0.573. The molecule has 0 amide bonds. The van der Waals surface area contributed by atoms with Crippen LogP contribution in [0.25, 0.3) is 0 Å². The lowest BCUT2D eigenvalue weighted by molar-refractivity contribution is -0.107. The monoisotopic (exact) mass is 143 g/mol. The molecule has 10 heavy (non-hydrogen) atoms. The number of carbonyl (C=O) groups is 1. The first-order valence-corrected chi connectivity index (χ1v) is 2.58. The van der Waals surface area contributed by atoms with Crippen LogP contribution in [0.5, 0.6) is 5.95 Å². The largest absolute Gasteiger partial charge is 0.479 e. The third kappa shape index (κ3) is 1.07. The molecule has 5 heteroatoms. The summed E-state index contributed by atoms with van der Waals surface area (Å²) in [6, 6.07) is 0. The maximum atomic E-state index is 10.3. The third-order valence-electron chi connectivity index (χ3n) is 0.988. The van der Waals surface area contributed by atoms with E-state index in [1.165, 1.54) is 0 Å². The Labute approximate surface area is 55.3 Å². The lowest BCUT2D eigenvalue weighted by Gasteiger charge is -1.83. The molecule has 0 spiro atoms. The molecule has 0 aliphatic rings. The van der Waals surface area contributed by atoms with Crippen LogP contribution >= 0.6 is 0 Å². The highest BCUT2D eigenvalue weighted by molar-refractivity contribution is 5.54. The van der Waals surface area contributed by atoms with Gasteiger partial charge in [-0.1, -0.05) is 0 Å². The zero-order valence-electron chi connectivity index (χ0n) is 4.96. The van der Waals surface area contributed by atoms with Crippen molar-refractivity contribution < 1.29 is 14.3 Å². The minimum atomic E-state index is -0.755. The fourth-order valence-corrected chi connectivity index (χ4v) is 0.573. The number of H-pyrrole nitrogens is 1. The van der Waals surface area contributed by atoms with Crippen molar-refractivity contribution >= 4 is 6.29 Å². The maximum Gasteiger partial charge on any atom is 0.419 e. The molecular weight excluding hydrogens is 138 g/mol. The molecule has 0 atom stereocenters. The molecule has 0 aromatic carbocycles. The minimum Gasteiger partial charge on any atom is -0.479 e. The summed E-state index contributed by atoms with van der Waals surface area (Å²) in [4.78, 5) is 22.3. The number of hydrogen-bond donors (Lipinski definition) is 2. The first-order valence-electron chi connectivity index (χ1n) is 2.58. The van der Waals surface area contributed by atoms with Crippen molar-refractivity contribution in [3.63, 3.8) is 0 Å². The van der Waals surface area contributed by atoms with Crippen LogP contribution in [0.15, 0.2) is 9.21 Å². The summed E-state index contributed by atoms with van der Waals surface area (Å²) in [5.41, 5.74) is 0.111. The summed E-state index contributed by atoms with van der Waals surface area (Å²) in [5, 5.41) is 8.71. The fraction of sp³-hybridized carbons (Fsp3) is 0.200. The molecule has 0 saturated carbocycles. The first-order chi connectivity index (χ1) is 4.74. The summed E-state index contributed by atoms with van der Waals surface area (Å²) >= 11 is 0. The predicted octanol–water partition coefficient (Wildman–Crippen LogP) is -0.585. The number of aromatic amines is 1. The molecule has 0 bridgehead atoms. The molecular formula is C5H5NO4. The van der Waals surface area contributed by atoms with E-state index in [4.69, 9.17) is 5.11 Å². The van der Waals surface area contributed by atoms with E-state index >= 15 is 0 Å². The van der Waals surface area contributed by atoms with E-state index < -0.39 is 11.7 Å². The number of nitrogens with one attached hydrogen (secondary N) is 1. The van der Waals surface area contributed by atoms with Crippen molar-refractivity contribution in [2.45, 2.75) is 6.42 Å². The highest BCUT2D eigenvalue weighted by Gasteiger charge is 2.05. The summed E-state index contributed by atoms with van der Waals surface area (Å²) in [6.45, 7) is 0. The molecule has 0 saturated heterocycles. The van der Waals surface area contributed by atoms with E-state index in [2.05, 4.69) is 9.40 Å². The van der Waals surface area contributed by atoms with Crippen molar-refractivity contribution in [3.8, 4) is 5.95 Å². The van der Waals surface area contributed by atoms with Gasteiger partial charge in [0.2, 0.25) is 0 Å². The SMILES string of the molecule is O=CCc1[nH]c(=O)oc1O. The van der Waals surface area contributed by atoms with Gasteiger partial charge in [-0.2, -0.15) is 0 Å². The highest BCUT2D eigenvalue weighted by atomic mass is 16.5. The van der Waals surface area contributed by atoms with Crippen molar-refractivity contribution in [1.82, 2.24) is 4.98 Å². The average Bonchev–Trinajstić information content (AvgIpc) is 2.13. The first kappa shape index (κ1) is 6.60. The molecule has 5 nitrogen and oxygen atoms in total. The standard InChI is InChI=1S/C5H5NO4/c7-2-1-3-4(8)10-5(9)6-3/h2,8H,1H2,(H,6,9). The van der Waals surface area contributed by atoms with Gasteiger partial charge < -0.3 is 14.3 Å². The molecule has 54 valence electrons. The molecule has 0 aliphatic carbocycles. The van der Waals surface area contributed by atoms with Crippen LogP contribution in [-0.4, -0.2) is 16.4 Å². The Morgan fingerprint density at radius 2 is 2.40 bits per heavy atom. The van der Waals surface area contributed by atoms with E-state index in [9.17, 15) is 9.59 Å². The summed E-state index contributed by atoms with van der Waals surface area (Å²) in [6.07, 6.45) is 0.512. The maximum absolute atomic E-state index is 10.3. The number of aromatic nitrogens is 1. The second-order valence-corrected chi connectivity index (χ2v) is 1.67. The van der Waals surface area contributed by atoms with Crippen LogP contribution in [-0.2, 0) is 11.2 Å². The Balaban J connectivity index is 3.02. The number of aldehydes is 1. The van der Waals surface area contributed by atoms with Gasteiger partial charge in [-0.25, -0.2) is 4.79 Å². The lowest BCUT2D eigenvalue weighted by atomic mass is 10.4.